The normalized spacial score (nSPS) is 11.8. The molecule has 1 amide bonds. The fraction of sp³-hybridized carbons (Fsp3) is 0.158. The van der Waals surface area contributed by atoms with Crippen molar-refractivity contribution in [3.8, 4) is 18.1 Å². The van der Waals surface area contributed by atoms with Crippen molar-refractivity contribution in [3.63, 3.8) is 0 Å². The number of fused-ring (bicyclic) bond motifs is 1. The second-order valence-corrected chi connectivity index (χ2v) is 7.53. The number of hydrogen-bond donors (Lipinski definition) is 0. The lowest BCUT2D eigenvalue weighted by atomic mass is 10.3. The molecule has 0 atom stereocenters. The summed E-state index contributed by atoms with van der Waals surface area (Å²) in [7, 11) is 0. The summed E-state index contributed by atoms with van der Waals surface area (Å²) in [5, 5.41) is 10.7. The maximum absolute atomic E-state index is 12.3. The molecule has 0 bridgehead atoms. The molecule has 7 nitrogen and oxygen atoms in total. The maximum atomic E-state index is 12.3. The highest BCUT2D eigenvalue weighted by molar-refractivity contribution is 7.16. The molecule has 0 saturated heterocycles. The van der Waals surface area contributed by atoms with Crippen LogP contribution in [0.4, 0.5) is 5.00 Å². The van der Waals surface area contributed by atoms with E-state index in [1.807, 2.05) is 25.1 Å². The van der Waals surface area contributed by atoms with Gasteiger partial charge in [0.1, 0.15) is 11.3 Å². The third-order valence-electron chi connectivity index (χ3n) is 3.60. The van der Waals surface area contributed by atoms with Gasteiger partial charge in [0, 0.05) is 17.0 Å². The zero-order chi connectivity index (χ0) is 20.1. The van der Waals surface area contributed by atoms with Crippen LogP contribution in [0.3, 0.4) is 0 Å². The van der Waals surface area contributed by atoms with E-state index in [9.17, 15) is 14.9 Å². The number of nitro groups is 1. The van der Waals surface area contributed by atoms with Gasteiger partial charge in [-0.25, -0.2) is 0 Å². The minimum atomic E-state index is -0.480. The van der Waals surface area contributed by atoms with Crippen LogP contribution in [0.2, 0.25) is 0 Å². The van der Waals surface area contributed by atoms with Crippen LogP contribution in [0, 0.1) is 22.5 Å². The Hall–Kier alpha value is -3.22. The molecular weight excluding hydrogens is 398 g/mol. The molecule has 2 aromatic heterocycles. The first-order chi connectivity index (χ1) is 13.5. The Labute approximate surface area is 168 Å². The topological polar surface area (TPSA) is 86.7 Å². The van der Waals surface area contributed by atoms with Gasteiger partial charge in [0.15, 0.2) is 4.80 Å². The molecule has 0 saturated carbocycles. The van der Waals surface area contributed by atoms with Gasteiger partial charge < -0.3 is 9.30 Å². The SMILES string of the molecule is C#CCn1c(=NC(=O)C=Cc2ccc([N+](=O)[O-])s2)sc2cccc(OCC)c21. The van der Waals surface area contributed by atoms with Crippen molar-refractivity contribution in [1.29, 1.82) is 0 Å². The number of benzene rings is 1. The predicted octanol–water partition coefficient (Wildman–Crippen LogP) is 3.85. The van der Waals surface area contributed by atoms with E-state index in [4.69, 9.17) is 11.2 Å². The number of para-hydroxylation sites is 1. The van der Waals surface area contributed by atoms with Crippen molar-refractivity contribution in [3.05, 3.63) is 56.2 Å². The average Bonchev–Trinajstić information content (AvgIpc) is 3.27. The zero-order valence-corrected chi connectivity index (χ0v) is 16.5. The molecule has 3 aromatic rings. The van der Waals surface area contributed by atoms with Gasteiger partial charge in [-0.15, -0.1) is 6.42 Å². The molecule has 0 spiro atoms. The Morgan fingerprint density at radius 2 is 2.21 bits per heavy atom. The van der Waals surface area contributed by atoms with Gasteiger partial charge in [-0.1, -0.05) is 34.7 Å². The molecule has 28 heavy (non-hydrogen) atoms. The van der Waals surface area contributed by atoms with Gasteiger partial charge in [-0.2, -0.15) is 4.99 Å². The number of hydrogen-bond acceptors (Lipinski definition) is 6. The Morgan fingerprint density at radius 3 is 2.89 bits per heavy atom. The number of thiazole rings is 1. The molecule has 0 radical (unpaired) electrons. The van der Waals surface area contributed by atoms with Crippen LogP contribution >= 0.6 is 22.7 Å². The van der Waals surface area contributed by atoms with E-state index >= 15 is 0 Å². The van der Waals surface area contributed by atoms with Crippen LogP contribution in [0.5, 0.6) is 5.75 Å². The molecule has 0 fully saturated rings. The molecule has 2 heterocycles. The number of thiophene rings is 1. The fourth-order valence-electron chi connectivity index (χ4n) is 2.51. The van der Waals surface area contributed by atoms with Crippen LogP contribution in [-0.2, 0) is 11.3 Å². The van der Waals surface area contributed by atoms with Crippen molar-refractivity contribution in [1.82, 2.24) is 4.57 Å². The van der Waals surface area contributed by atoms with Crippen LogP contribution < -0.4 is 9.54 Å². The van der Waals surface area contributed by atoms with Crippen molar-refractivity contribution in [2.75, 3.05) is 6.61 Å². The van der Waals surface area contributed by atoms with Gasteiger partial charge in [0.25, 0.3) is 5.91 Å². The number of carbonyl (C=O) groups excluding carboxylic acids is 1. The van der Waals surface area contributed by atoms with Crippen molar-refractivity contribution >= 4 is 49.9 Å². The van der Waals surface area contributed by atoms with Gasteiger partial charge in [-0.3, -0.25) is 14.9 Å². The Kier molecular flexibility index (Phi) is 6.03. The Balaban J connectivity index is 1.98. The monoisotopic (exact) mass is 413 g/mol. The third kappa shape index (κ3) is 4.19. The van der Waals surface area contributed by atoms with Crippen LogP contribution in [0.15, 0.2) is 41.4 Å². The van der Waals surface area contributed by atoms with Gasteiger partial charge in [-0.05, 0) is 31.2 Å². The summed E-state index contributed by atoms with van der Waals surface area (Å²) in [6.07, 6.45) is 8.28. The molecule has 0 aliphatic carbocycles. The second-order valence-electron chi connectivity index (χ2n) is 5.43. The standard InChI is InChI=1S/C19H15N3O4S2/c1-3-12-21-18-14(26-4-2)6-5-7-15(18)28-19(21)20-16(23)10-8-13-9-11-17(27-13)22(24)25/h1,5-11H,4,12H2,2H3. The number of terminal acetylenes is 1. The van der Waals surface area contributed by atoms with E-state index in [0.717, 1.165) is 21.6 Å². The molecule has 0 unspecified atom stereocenters. The van der Waals surface area contributed by atoms with Crippen molar-refractivity contribution in [2.45, 2.75) is 13.5 Å². The summed E-state index contributed by atoms with van der Waals surface area (Å²) < 4.78 is 8.35. The van der Waals surface area contributed by atoms with Crippen LogP contribution in [0.1, 0.15) is 11.8 Å². The van der Waals surface area contributed by atoms with Crippen molar-refractivity contribution in [2.24, 2.45) is 4.99 Å². The number of amides is 1. The predicted molar refractivity (Wildman–Crippen MR) is 110 cm³/mol. The highest BCUT2D eigenvalue weighted by Gasteiger charge is 2.12. The average molecular weight is 413 g/mol. The summed E-state index contributed by atoms with van der Waals surface area (Å²) in [6, 6.07) is 8.62. The van der Waals surface area contributed by atoms with E-state index in [1.165, 1.54) is 29.6 Å². The largest absolute Gasteiger partial charge is 0.492 e. The van der Waals surface area contributed by atoms with E-state index in [2.05, 4.69) is 10.9 Å². The molecule has 142 valence electrons. The Bertz CT molecular complexity index is 1180. The summed E-state index contributed by atoms with van der Waals surface area (Å²) in [5.41, 5.74) is 0.803. The van der Waals surface area contributed by atoms with E-state index in [0.29, 0.717) is 22.0 Å². The number of carbonyl (C=O) groups is 1. The number of rotatable bonds is 6. The first kappa shape index (κ1) is 19.5. The zero-order valence-electron chi connectivity index (χ0n) is 14.8. The molecule has 0 N–H and O–H groups in total. The van der Waals surface area contributed by atoms with Gasteiger partial charge >= 0.3 is 5.00 Å². The van der Waals surface area contributed by atoms with E-state index in [-0.39, 0.29) is 11.5 Å². The summed E-state index contributed by atoms with van der Waals surface area (Å²) >= 11 is 2.33. The molecule has 0 aliphatic heterocycles. The van der Waals surface area contributed by atoms with E-state index in [1.54, 1.807) is 10.6 Å². The highest BCUT2D eigenvalue weighted by atomic mass is 32.1. The lowest BCUT2D eigenvalue weighted by Gasteiger charge is -2.07. The van der Waals surface area contributed by atoms with Crippen molar-refractivity contribution < 1.29 is 14.5 Å². The summed E-state index contributed by atoms with van der Waals surface area (Å²) in [5.74, 6) is 2.78. The fourth-order valence-corrected chi connectivity index (χ4v) is 4.28. The lowest BCUT2D eigenvalue weighted by molar-refractivity contribution is -0.380. The van der Waals surface area contributed by atoms with Crippen LogP contribution in [-0.4, -0.2) is 22.0 Å². The van der Waals surface area contributed by atoms with Crippen LogP contribution in [0.25, 0.3) is 16.3 Å². The first-order valence-electron chi connectivity index (χ1n) is 8.23. The minimum absolute atomic E-state index is 0.0175. The van der Waals surface area contributed by atoms with Gasteiger partial charge in [0.2, 0.25) is 0 Å². The molecule has 0 aliphatic rings. The highest BCUT2D eigenvalue weighted by Crippen LogP contribution is 2.28. The maximum Gasteiger partial charge on any atom is 0.324 e. The molecule has 9 heteroatoms. The number of aromatic nitrogens is 1. The van der Waals surface area contributed by atoms with Gasteiger partial charge in [0.05, 0.1) is 22.8 Å². The molecule has 1 aromatic carbocycles. The van der Waals surface area contributed by atoms with E-state index < -0.39 is 10.8 Å². The second kappa shape index (κ2) is 8.65. The number of nitrogens with zero attached hydrogens (tertiary/aromatic N) is 3. The number of ether oxygens (including phenoxy) is 1. The molecular formula is C19H15N3O4S2. The minimum Gasteiger partial charge on any atom is -0.492 e. The molecule has 3 rings (SSSR count). The first-order valence-corrected chi connectivity index (χ1v) is 9.86. The quantitative estimate of drug-likeness (QED) is 0.266. The lowest BCUT2D eigenvalue weighted by Crippen LogP contribution is -2.16. The third-order valence-corrected chi connectivity index (χ3v) is 5.65. The summed E-state index contributed by atoms with van der Waals surface area (Å²) in [6.45, 7) is 2.65. The Morgan fingerprint density at radius 1 is 1.39 bits per heavy atom. The smallest absolute Gasteiger partial charge is 0.324 e. The summed E-state index contributed by atoms with van der Waals surface area (Å²) in [4.78, 5) is 27.8.